The van der Waals surface area contributed by atoms with Crippen molar-refractivity contribution >= 4 is 17.9 Å². The van der Waals surface area contributed by atoms with E-state index in [-0.39, 0.29) is 24.4 Å². The minimum Gasteiger partial charge on any atom is -0.493 e. The molecular formula is C20H28N2O4. The van der Waals surface area contributed by atoms with Gasteiger partial charge in [0.25, 0.3) is 0 Å². The lowest BCUT2D eigenvalue weighted by Gasteiger charge is -2.22. The molecule has 0 bridgehead atoms. The molecule has 1 saturated carbocycles. The van der Waals surface area contributed by atoms with Crippen LogP contribution in [0.15, 0.2) is 24.3 Å². The van der Waals surface area contributed by atoms with E-state index in [1.54, 1.807) is 25.3 Å². The highest BCUT2D eigenvalue weighted by atomic mass is 16.5. The maximum Gasteiger partial charge on any atom is 0.244 e. The molecule has 0 saturated heterocycles. The molecule has 2 amide bonds. The minimum atomic E-state index is -0.309. The minimum absolute atomic E-state index is 0.00767. The molecule has 6 nitrogen and oxygen atoms in total. The predicted molar refractivity (Wildman–Crippen MR) is 101 cm³/mol. The van der Waals surface area contributed by atoms with Gasteiger partial charge >= 0.3 is 0 Å². The first-order chi connectivity index (χ1) is 12.6. The number of amides is 2. The lowest BCUT2D eigenvalue weighted by atomic mass is 9.95. The van der Waals surface area contributed by atoms with Gasteiger partial charge < -0.3 is 20.1 Å². The summed E-state index contributed by atoms with van der Waals surface area (Å²) in [5.41, 5.74) is 0.812. The van der Waals surface area contributed by atoms with E-state index in [9.17, 15) is 9.59 Å². The summed E-state index contributed by atoms with van der Waals surface area (Å²) in [6, 6.07) is 5.69. The number of carbonyl (C=O) groups is 2. The highest BCUT2D eigenvalue weighted by molar-refractivity contribution is 5.94. The summed E-state index contributed by atoms with van der Waals surface area (Å²) in [5.74, 6) is 0.829. The van der Waals surface area contributed by atoms with Crippen LogP contribution < -0.4 is 20.1 Å². The van der Waals surface area contributed by atoms with Crippen LogP contribution in [-0.4, -0.2) is 38.1 Å². The van der Waals surface area contributed by atoms with Crippen molar-refractivity contribution < 1.29 is 19.1 Å². The molecule has 1 aliphatic rings. The maximum atomic E-state index is 11.9. The van der Waals surface area contributed by atoms with Gasteiger partial charge in [-0.1, -0.05) is 25.3 Å². The second kappa shape index (κ2) is 10.5. The van der Waals surface area contributed by atoms with E-state index in [0.717, 1.165) is 31.2 Å². The lowest BCUT2D eigenvalue weighted by molar-refractivity contribution is -0.124. The van der Waals surface area contributed by atoms with Crippen molar-refractivity contribution in [2.75, 3.05) is 20.3 Å². The Morgan fingerprint density at radius 1 is 1.19 bits per heavy atom. The van der Waals surface area contributed by atoms with Crippen LogP contribution in [0.4, 0.5) is 0 Å². The molecule has 26 heavy (non-hydrogen) atoms. The monoisotopic (exact) mass is 360 g/mol. The molecule has 1 aromatic carbocycles. The van der Waals surface area contributed by atoms with Crippen molar-refractivity contribution in [3.8, 4) is 11.5 Å². The molecular weight excluding hydrogens is 332 g/mol. The van der Waals surface area contributed by atoms with Gasteiger partial charge in [0.1, 0.15) is 0 Å². The third-order valence-corrected chi connectivity index (χ3v) is 4.31. The summed E-state index contributed by atoms with van der Waals surface area (Å²) in [5, 5.41) is 5.58. The van der Waals surface area contributed by atoms with Gasteiger partial charge in [-0.3, -0.25) is 9.59 Å². The number of rotatable bonds is 8. The highest BCUT2D eigenvalue weighted by Gasteiger charge is 2.15. The van der Waals surface area contributed by atoms with Gasteiger partial charge in [0.05, 0.1) is 20.3 Å². The number of ether oxygens (including phenoxy) is 2. The van der Waals surface area contributed by atoms with E-state index in [2.05, 4.69) is 10.6 Å². The van der Waals surface area contributed by atoms with E-state index < -0.39 is 0 Å². The summed E-state index contributed by atoms with van der Waals surface area (Å²) in [7, 11) is 1.57. The first kappa shape index (κ1) is 19.8. The molecule has 1 aliphatic carbocycles. The Hall–Kier alpha value is -2.50. The molecule has 2 rings (SSSR count). The van der Waals surface area contributed by atoms with Gasteiger partial charge in [0.2, 0.25) is 11.8 Å². The van der Waals surface area contributed by atoms with E-state index in [4.69, 9.17) is 9.47 Å². The zero-order valence-corrected chi connectivity index (χ0v) is 15.5. The molecule has 1 fully saturated rings. The quantitative estimate of drug-likeness (QED) is 0.699. The fraction of sp³-hybridized carbons (Fsp3) is 0.500. The number of benzene rings is 1. The van der Waals surface area contributed by atoms with Gasteiger partial charge in [0, 0.05) is 12.1 Å². The number of methoxy groups -OCH3 is 1. The van der Waals surface area contributed by atoms with Crippen molar-refractivity contribution in [1.29, 1.82) is 0 Å². The predicted octanol–water partition coefficient (Wildman–Crippen LogP) is 2.67. The number of hydrogen-bond donors (Lipinski definition) is 2. The van der Waals surface area contributed by atoms with E-state index in [1.807, 2.05) is 13.0 Å². The molecule has 0 aliphatic heterocycles. The Morgan fingerprint density at radius 3 is 2.65 bits per heavy atom. The van der Waals surface area contributed by atoms with Crippen LogP contribution in [0, 0.1) is 0 Å². The lowest BCUT2D eigenvalue weighted by Crippen LogP contribution is -2.42. The Morgan fingerprint density at radius 2 is 1.96 bits per heavy atom. The van der Waals surface area contributed by atoms with E-state index >= 15 is 0 Å². The maximum absolute atomic E-state index is 11.9. The molecule has 0 spiro atoms. The number of hydrogen-bond acceptors (Lipinski definition) is 4. The van der Waals surface area contributed by atoms with Crippen molar-refractivity contribution in [3.05, 3.63) is 29.8 Å². The highest BCUT2D eigenvalue weighted by Crippen LogP contribution is 2.28. The SMILES string of the molecule is CCOc1ccc(/C=C/C(=O)NCC(=O)NC2CCCCC2)cc1OC. The molecule has 0 atom stereocenters. The van der Waals surface area contributed by atoms with Crippen LogP contribution in [0.2, 0.25) is 0 Å². The molecule has 0 heterocycles. The van der Waals surface area contributed by atoms with Crippen molar-refractivity contribution in [3.63, 3.8) is 0 Å². The Balaban J connectivity index is 1.80. The zero-order valence-electron chi connectivity index (χ0n) is 15.5. The molecule has 142 valence electrons. The first-order valence-corrected chi connectivity index (χ1v) is 9.18. The molecule has 0 radical (unpaired) electrons. The number of carbonyl (C=O) groups excluding carboxylic acids is 2. The van der Waals surface area contributed by atoms with Gasteiger partial charge in [-0.15, -0.1) is 0 Å². The first-order valence-electron chi connectivity index (χ1n) is 9.18. The topological polar surface area (TPSA) is 76.7 Å². The van der Waals surface area contributed by atoms with Crippen LogP contribution in [0.25, 0.3) is 6.08 Å². The van der Waals surface area contributed by atoms with Crippen LogP contribution in [0.1, 0.15) is 44.6 Å². The summed E-state index contributed by atoms with van der Waals surface area (Å²) in [4.78, 5) is 23.8. The summed E-state index contributed by atoms with van der Waals surface area (Å²) >= 11 is 0. The van der Waals surface area contributed by atoms with Crippen LogP contribution in [-0.2, 0) is 9.59 Å². The van der Waals surface area contributed by atoms with Gasteiger partial charge in [-0.25, -0.2) is 0 Å². The van der Waals surface area contributed by atoms with E-state index in [0.29, 0.717) is 18.1 Å². The summed E-state index contributed by atoms with van der Waals surface area (Å²) in [6.07, 6.45) is 8.69. The average Bonchev–Trinajstić information content (AvgIpc) is 2.66. The van der Waals surface area contributed by atoms with Crippen LogP contribution >= 0.6 is 0 Å². The third-order valence-electron chi connectivity index (χ3n) is 4.31. The second-order valence-corrected chi connectivity index (χ2v) is 6.30. The fourth-order valence-corrected chi connectivity index (χ4v) is 2.99. The standard InChI is InChI=1S/C20H28N2O4/c1-3-26-17-11-9-15(13-18(17)25-2)10-12-19(23)21-14-20(24)22-16-7-5-4-6-8-16/h9-13,16H,3-8,14H2,1-2H3,(H,21,23)(H,22,24)/b12-10+. The molecule has 2 N–H and O–H groups in total. The Labute approximate surface area is 154 Å². The van der Waals surface area contributed by atoms with Gasteiger partial charge in [-0.2, -0.15) is 0 Å². The van der Waals surface area contributed by atoms with E-state index in [1.165, 1.54) is 12.5 Å². The average molecular weight is 360 g/mol. The summed E-state index contributed by atoms with van der Waals surface area (Å²) < 4.78 is 10.7. The van der Waals surface area contributed by atoms with Crippen LogP contribution in [0.5, 0.6) is 11.5 Å². The zero-order chi connectivity index (χ0) is 18.8. The molecule has 6 heteroatoms. The fourth-order valence-electron chi connectivity index (χ4n) is 2.99. The van der Waals surface area contributed by atoms with Crippen molar-refractivity contribution in [2.24, 2.45) is 0 Å². The van der Waals surface area contributed by atoms with Gasteiger partial charge in [0.15, 0.2) is 11.5 Å². The van der Waals surface area contributed by atoms with Crippen molar-refractivity contribution in [2.45, 2.75) is 45.1 Å². The normalized spacial score (nSPS) is 14.8. The smallest absolute Gasteiger partial charge is 0.244 e. The Kier molecular flexibility index (Phi) is 7.99. The number of nitrogens with one attached hydrogen (secondary N) is 2. The molecule has 0 aromatic heterocycles. The third kappa shape index (κ3) is 6.43. The van der Waals surface area contributed by atoms with Gasteiger partial charge in [-0.05, 0) is 43.5 Å². The van der Waals surface area contributed by atoms with Crippen LogP contribution in [0.3, 0.4) is 0 Å². The largest absolute Gasteiger partial charge is 0.493 e. The Bertz CT molecular complexity index is 637. The molecule has 1 aromatic rings. The summed E-state index contributed by atoms with van der Waals surface area (Å²) in [6.45, 7) is 2.45. The second-order valence-electron chi connectivity index (χ2n) is 6.30. The molecule has 0 unspecified atom stereocenters. The van der Waals surface area contributed by atoms with Crippen molar-refractivity contribution in [1.82, 2.24) is 10.6 Å².